The topological polar surface area (TPSA) is 62.0 Å². The van der Waals surface area contributed by atoms with Crippen LogP contribution >= 0.6 is 0 Å². The Morgan fingerprint density at radius 2 is 1.56 bits per heavy atom. The number of para-hydroxylation sites is 2. The predicted molar refractivity (Wildman–Crippen MR) is 112 cm³/mol. The van der Waals surface area contributed by atoms with Crippen LogP contribution in [0.25, 0.3) is 21.8 Å². The number of H-pyrrole nitrogens is 1. The van der Waals surface area contributed by atoms with E-state index in [1.165, 1.54) is 0 Å². The SMILES string of the molecule is CCc1cc2c([nH]c3ccccc32)c(C=O)c1C=O.CNc1ccccc1. The van der Waals surface area contributed by atoms with Crippen LogP contribution in [0.2, 0.25) is 0 Å². The van der Waals surface area contributed by atoms with Crippen molar-refractivity contribution in [2.24, 2.45) is 0 Å². The van der Waals surface area contributed by atoms with Crippen molar-refractivity contribution >= 4 is 40.1 Å². The summed E-state index contributed by atoms with van der Waals surface area (Å²) in [7, 11) is 1.91. The minimum Gasteiger partial charge on any atom is -0.388 e. The molecule has 0 aliphatic carbocycles. The molecule has 2 N–H and O–H groups in total. The number of hydrogen-bond donors (Lipinski definition) is 2. The molecule has 0 saturated heterocycles. The summed E-state index contributed by atoms with van der Waals surface area (Å²) in [6.07, 6.45) is 2.26. The maximum atomic E-state index is 11.4. The smallest absolute Gasteiger partial charge is 0.152 e. The van der Waals surface area contributed by atoms with Crippen LogP contribution in [0.1, 0.15) is 33.2 Å². The van der Waals surface area contributed by atoms with Gasteiger partial charge in [0.15, 0.2) is 12.6 Å². The molecule has 0 aliphatic heterocycles. The first-order valence-electron chi connectivity index (χ1n) is 8.92. The molecule has 4 rings (SSSR count). The van der Waals surface area contributed by atoms with Crippen molar-refractivity contribution in [1.29, 1.82) is 0 Å². The molecule has 3 aromatic carbocycles. The molecule has 4 aromatic rings. The van der Waals surface area contributed by atoms with Gasteiger partial charge in [-0.1, -0.05) is 43.3 Å². The first-order chi connectivity index (χ1) is 13.2. The molecule has 0 unspecified atom stereocenters. The monoisotopic (exact) mass is 358 g/mol. The van der Waals surface area contributed by atoms with Crippen molar-refractivity contribution in [2.45, 2.75) is 13.3 Å². The lowest BCUT2D eigenvalue weighted by atomic mass is 9.97. The van der Waals surface area contributed by atoms with E-state index in [-0.39, 0.29) is 0 Å². The summed E-state index contributed by atoms with van der Waals surface area (Å²) in [5, 5.41) is 5.10. The molecular formula is C23H22N2O2. The third kappa shape index (κ3) is 3.60. The minimum atomic E-state index is 0.459. The van der Waals surface area contributed by atoms with Gasteiger partial charge in [-0.25, -0.2) is 0 Å². The maximum absolute atomic E-state index is 11.4. The first kappa shape index (κ1) is 18.4. The fourth-order valence-corrected chi connectivity index (χ4v) is 3.24. The number of aryl methyl sites for hydroxylation is 1. The van der Waals surface area contributed by atoms with Crippen LogP contribution in [0.3, 0.4) is 0 Å². The fraction of sp³-hybridized carbons (Fsp3) is 0.130. The lowest BCUT2D eigenvalue weighted by Crippen LogP contribution is -1.98. The molecule has 0 saturated carbocycles. The van der Waals surface area contributed by atoms with Crippen LogP contribution in [0.5, 0.6) is 0 Å². The number of aldehydes is 2. The van der Waals surface area contributed by atoms with Gasteiger partial charge < -0.3 is 10.3 Å². The van der Waals surface area contributed by atoms with Gasteiger partial charge in [0.25, 0.3) is 0 Å². The van der Waals surface area contributed by atoms with Crippen LogP contribution in [0.15, 0.2) is 60.7 Å². The average Bonchev–Trinajstić information content (AvgIpc) is 3.11. The number of carbonyl (C=O) groups excluding carboxylic acids is 2. The summed E-state index contributed by atoms with van der Waals surface area (Å²) >= 11 is 0. The highest BCUT2D eigenvalue weighted by molar-refractivity contribution is 6.14. The van der Waals surface area contributed by atoms with Crippen LogP contribution < -0.4 is 5.32 Å². The van der Waals surface area contributed by atoms with Gasteiger partial charge in [-0.2, -0.15) is 0 Å². The van der Waals surface area contributed by atoms with Crippen molar-refractivity contribution in [3.63, 3.8) is 0 Å². The molecule has 0 atom stereocenters. The third-order valence-electron chi connectivity index (χ3n) is 4.65. The Kier molecular flexibility index (Phi) is 5.67. The summed E-state index contributed by atoms with van der Waals surface area (Å²) in [4.78, 5) is 25.9. The number of anilines is 1. The minimum absolute atomic E-state index is 0.459. The number of benzene rings is 3. The quantitative estimate of drug-likeness (QED) is 0.491. The van der Waals surface area contributed by atoms with E-state index in [2.05, 4.69) is 10.3 Å². The fourth-order valence-electron chi connectivity index (χ4n) is 3.24. The van der Waals surface area contributed by atoms with Gasteiger partial charge in [-0.3, -0.25) is 9.59 Å². The number of nitrogens with one attached hydrogen (secondary N) is 2. The normalized spacial score (nSPS) is 10.3. The van der Waals surface area contributed by atoms with Gasteiger partial charge in [0.2, 0.25) is 0 Å². The van der Waals surface area contributed by atoms with E-state index in [9.17, 15) is 9.59 Å². The van der Waals surface area contributed by atoms with E-state index in [1.807, 2.05) is 74.6 Å². The molecule has 0 fully saturated rings. The van der Waals surface area contributed by atoms with Gasteiger partial charge in [0.1, 0.15) is 0 Å². The van der Waals surface area contributed by atoms with Crippen molar-refractivity contribution in [1.82, 2.24) is 4.98 Å². The molecule has 0 spiro atoms. The third-order valence-corrected chi connectivity index (χ3v) is 4.65. The van der Waals surface area contributed by atoms with Gasteiger partial charge in [0.05, 0.1) is 5.52 Å². The zero-order chi connectivity index (χ0) is 19.2. The Hall–Kier alpha value is -3.40. The van der Waals surface area contributed by atoms with Gasteiger partial charge in [-0.05, 0) is 36.2 Å². The standard InChI is InChI=1S/C16H13NO2.C7H9N/c1-2-10-7-12-11-5-3-4-6-15(11)17-16(12)14(9-19)13(10)8-18;1-8-7-5-3-2-4-6-7/h3-9,17H,2H2,1H3;2-6,8H,1H3. The molecule has 1 aromatic heterocycles. The molecule has 4 nitrogen and oxygen atoms in total. The zero-order valence-corrected chi connectivity index (χ0v) is 15.5. The number of carbonyl (C=O) groups is 2. The van der Waals surface area contributed by atoms with Gasteiger partial charge >= 0.3 is 0 Å². The number of rotatable bonds is 4. The van der Waals surface area contributed by atoms with Gasteiger partial charge in [0, 0.05) is 40.2 Å². The molecule has 0 aliphatic rings. The number of hydrogen-bond acceptors (Lipinski definition) is 3. The van der Waals surface area contributed by atoms with E-state index >= 15 is 0 Å². The largest absolute Gasteiger partial charge is 0.388 e. The van der Waals surface area contributed by atoms with Crippen LogP contribution in [-0.4, -0.2) is 24.6 Å². The Bertz CT molecular complexity index is 1080. The van der Waals surface area contributed by atoms with Gasteiger partial charge in [-0.15, -0.1) is 0 Å². The second-order valence-corrected chi connectivity index (χ2v) is 6.16. The number of fused-ring (bicyclic) bond motifs is 3. The Balaban J connectivity index is 0.000000221. The summed E-state index contributed by atoms with van der Waals surface area (Å²) in [6, 6.07) is 20.0. The van der Waals surface area contributed by atoms with E-state index in [0.29, 0.717) is 11.1 Å². The summed E-state index contributed by atoms with van der Waals surface area (Å²) < 4.78 is 0. The number of aromatic nitrogens is 1. The van der Waals surface area contributed by atoms with E-state index in [4.69, 9.17) is 0 Å². The second kappa shape index (κ2) is 8.32. The highest BCUT2D eigenvalue weighted by Gasteiger charge is 2.15. The number of aromatic amines is 1. The molecule has 4 heteroatoms. The zero-order valence-electron chi connectivity index (χ0n) is 15.5. The molecule has 1 heterocycles. The molecular weight excluding hydrogens is 336 g/mol. The van der Waals surface area contributed by atoms with Crippen molar-refractivity contribution < 1.29 is 9.59 Å². The first-order valence-corrected chi connectivity index (χ1v) is 8.92. The predicted octanol–water partition coefficient (Wildman–Crippen LogP) is 5.24. The van der Waals surface area contributed by atoms with Crippen LogP contribution in [0, 0.1) is 0 Å². The molecule has 27 heavy (non-hydrogen) atoms. The van der Waals surface area contributed by atoms with E-state index in [1.54, 1.807) is 0 Å². The van der Waals surface area contributed by atoms with Crippen LogP contribution in [-0.2, 0) is 6.42 Å². The molecule has 0 amide bonds. The highest BCUT2D eigenvalue weighted by atomic mass is 16.1. The van der Waals surface area contributed by atoms with Crippen LogP contribution in [0.4, 0.5) is 5.69 Å². The summed E-state index contributed by atoms with van der Waals surface area (Å²) in [5.41, 5.74) is 4.75. The Labute approximate surface area is 158 Å². The van der Waals surface area contributed by atoms with Crippen molar-refractivity contribution in [2.75, 3.05) is 12.4 Å². The Morgan fingerprint density at radius 3 is 2.15 bits per heavy atom. The van der Waals surface area contributed by atoms with Crippen molar-refractivity contribution in [3.8, 4) is 0 Å². The van der Waals surface area contributed by atoms with Crippen molar-refractivity contribution in [3.05, 3.63) is 77.4 Å². The lowest BCUT2D eigenvalue weighted by molar-refractivity contribution is 0.109. The van der Waals surface area contributed by atoms with E-state index < -0.39 is 0 Å². The molecule has 0 bridgehead atoms. The Morgan fingerprint density at radius 1 is 0.889 bits per heavy atom. The van der Waals surface area contributed by atoms with E-state index in [0.717, 1.165) is 52.0 Å². The second-order valence-electron chi connectivity index (χ2n) is 6.16. The molecule has 0 radical (unpaired) electrons. The highest BCUT2D eigenvalue weighted by Crippen LogP contribution is 2.30. The average molecular weight is 358 g/mol. The summed E-state index contributed by atoms with van der Waals surface area (Å²) in [6.45, 7) is 1.98. The maximum Gasteiger partial charge on any atom is 0.152 e. The lowest BCUT2D eigenvalue weighted by Gasteiger charge is -2.06. The molecule has 136 valence electrons. The summed E-state index contributed by atoms with van der Waals surface area (Å²) in [5.74, 6) is 0.